The van der Waals surface area contributed by atoms with Crippen molar-refractivity contribution in [1.82, 2.24) is 15.3 Å². The van der Waals surface area contributed by atoms with Crippen LogP contribution in [0.2, 0.25) is 5.02 Å². The fourth-order valence-electron chi connectivity index (χ4n) is 1.90. The Hall–Kier alpha value is -1.04. The van der Waals surface area contributed by atoms with Crippen LogP contribution >= 0.6 is 27.5 Å². The summed E-state index contributed by atoms with van der Waals surface area (Å²) in [4.78, 5) is 8.10. The van der Waals surface area contributed by atoms with Gasteiger partial charge in [0, 0.05) is 16.2 Å². The lowest BCUT2D eigenvalue weighted by atomic mass is 10.0. The fraction of sp³-hybridized carbons (Fsp3) is 0.286. The molecule has 1 aromatic carbocycles. The maximum absolute atomic E-state index is 14.4. The molecule has 2 aromatic rings. The van der Waals surface area contributed by atoms with Crippen molar-refractivity contribution in [2.24, 2.45) is 0 Å². The summed E-state index contributed by atoms with van der Waals surface area (Å²) >= 11 is 9.19. The van der Waals surface area contributed by atoms with E-state index < -0.39 is 5.82 Å². The molecule has 1 atom stereocenters. The third kappa shape index (κ3) is 3.34. The minimum atomic E-state index is -0.437. The van der Waals surface area contributed by atoms with Gasteiger partial charge in [-0.25, -0.2) is 14.4 Å². The third-order valence-corrected chi connectivity index (χ3v) is 4.13. The van der Waals surface area contributed by atoms with E-state index >= 15 is 0 Å². The molecule has 0 saturated heterocycles. The molecule has 3 nitrogen and oxygen atoms in total. The van der Waals surface area contributed by atoms with Crippen LogP contribution in [0.15, 0.2) is 35.2 Å². The van der Waals surface area contributed by atoms with Gasteiger partial charge >= 0.3 is 0 Å². The summed E-state index contributed by atoms with van der Waals surface area (Å²) < 4.78 is 14.9. The summed E-state index contributed by atoms with van der Waals surface area (Å²) in [6.45, 7) is 2.80. The Morgan fingerprint density at radius 2 is 2.20 bits per heavy atom. The predicted molar refractivity (Wildman–Crippen MR) is 81.3 cm³/mol. The molecule has 0 fully saturated rings. The number of benzene rings is 1. The van der Waals surface area contributed by atoms with E-state index in [-0.39, 0.29) is 11.1 Å². The fourth-order valence-corrected chi connectivity index (χ4v) is 2.38. The maximum Gasteiger partial charge on any atom is 0.148 e. The molecule has 106 valence electrons. The first-order valence-electron chi connectivity index (χ1n) is 6.27. The monoisotopic (exact) mass is 357 g/mol. The predicted octanol–water partition coefficient (Wildman–Crippen LogP) is 4.12. The Morgan fingerprint density at radius 1 is 1.40 bits per heavy atom. The van der Waals surface area contributed by atoms with Gasteiger partial charge in [0.15, 0.2) is 0 Å². The molecule has 6 heteroatoms. The Balaban J connectivity index is 2.44. The van der Waals surface area contributed by atoms with Gasteiger partial charge in [-0.2, -0.15) is 0 Å². The van der Waals surface area contributed by atoms with Gasteiger partial charge in [0.05, 0.1) is 16.8 Å². The number of halogens is 3. The minimum Gasteiger partial charge on any atom is -0.305 e. The molecule has 1 N–H and O–H groups in total. The van der Waals surface area contributed by atoms with Crippen molar-refractivity contribution >= 4 is 27.5 Å². The van der Waals surface area contributed by atoms with Crippen molar-refractivity contribution in [3.63, 3.8) is 0 Å². The molecule has 0 radical (unpaired) electrons. The molecular formula is C14H14BrClFN3. The molecule has 0 aliphatic rings. The van der Waals surface area contributed by atoms with Gasteiger partial charge in [0.25, 0.3) is 0 Å². The summed E-state index contributed by atoms with van der Waals surface area (Å²) in [6.07, 6.45) is 4.03. The third-order valence-electron chi connectivity index (χ3n) is 2.88. The first-order chi connectivity index (χ1) is 9.65. The quantitative estimate of drug-likeness (QED) is 0.817. The first kappa shape index (κ1) is 15.4. The Bertz CT molecular complexity index is 580. The van der Waals surface area contributed by atoms with E-state index in [1.165, 1.54) is 6.33 Å². The summed E-state index contributed by atoms with van der Waals surface area (Å²) in [6, 6.07) is 4.87. The zero-order valence-electron chi connectivity index (χ0n) is 10.9. The van der Waals surface area contributed by atoms with Crippen molar-refractivity contribution in [2.45, 2.75) is 19.4 Å². The van der Waals surface area contributed by atoms with E-state index in [0.717, 1.165) is 13.0 Å². The van der Waals surface area contributed by atoms with E-state index in [0.29, 0.717) is 15.7 Å². The van der Waals surface area contributed by atoms with Crippen LogP contribution in [0.5, 0.6) is 0 Å². The Labute approximate surface area is 130 Å². The summed E-state index contributed by atoms with van der Waals surface area (Å²) in [5.74, 6) is -0.437. The molecule has 1 unspecified atom stereocenters. The van der Waals surface area contributed by atoms with E-state index in [1.54, 1.807) is 24.4 Å². The van der Waals surface area contributed by atoms with Gasteiger partial charge in [0.2, 0.25) is 0 Å². The first-order valence-corrected chi connectivity index (χ1v) is 7.45. The molecule has 1 heterocycles. The van der Waals surface area contributed by atoms with Crippen molar-refractivity contribution < 1.29 is 4.39 Å². The van der Waals surface area contributed by atoms with Crippen LogP contribution in [0.4, 0.5) is 4.39 Å². The van der Waals surface area contributed by atoms with Gasteiger partial charge in [-0.1, -0.05) is 24.6 Å². The lowest BCUT2D eigenvalue weighted by Crippen LogP contribution is -2.25. The average molecular weight is 359 g/mol. The second-order valence-electron chi connectivity index (χ2n) is 4.29. The van der Waals surface area contributed by atoms with Gasteiger partial charge in [-0.3, -0.25) is 0 Å². The lowest BCUT2D eigenvalue weighted by molar-refractivity contribution is 0.538. The highest BCUT2D eigenvalue weighted by molar-refractivity contribution is 9.10. The van der Waals surface area contributed by atoms with Crippen LogP contribution in [-0.2, 0) is 0 Å². The average Bonchev–Trinajstić information content (AvgIpc) is 2.48. The number of hydrogen-bond acceptors (Lipinski definition) is 3. The van der Waals surface area contributed by atoms with Crippen LogP contribution in [0, 0.1) is 5.82 Å². The molecular weight excluding hydrogens is 345 g/mol. The molecule has 20 heavy (non-hydrogen) atoms. The van der Waals surface area contributed by atoms with Gasteiger partial charge in [0.1, 0.15) is 12.1 Å². The van der Waals surface area contributed by atoms with Crippen LogP contribution in [0.3, 0.4) is 0 Å². The lowest BCUT2D eigenvalue weighted by Gasteiger charge is -2.19. The Kier molecular flexibility index (Phi) is 5.46. The van der Waals surface area contributed by atoms with Crippen LogP contribution in [0.25, 0.3) is 0 Å². The topological polar surface area (TPSA) is 37.8 Å². The molecule has 0 amide bonds. The van der Waals surface area contributed by atoms with Gasteiger partial charge in [-0.15, -0.1) is 0 Å². The Morgan fingerprint density at radius 3 is 2.85 bits per heavy atom. The number of nitrogens with zero attached hydrogens (tertiary/aromatic N) is 2. The summed E-state index contributed by atoms with van der Waals surface area (Å²) in [7, 11) is 0. The largest absolute Gasteiger partial charge is 0.305 e. The molecule has 0 spiro atoms. The van der Waals surface area contributed by atoms with Crippen LogP contribution in [-0.4, -0.2) is 16.5 Å². The maximum atomic E-state index is 14.4. The van der Waals surface area contributed by atoms with Crippen molar-refractivity contribution in [2.75, 3.05) is 6.54 Å². The van der Waals surface area contributed by atoms with Gasteiger partial charge < -0.3 is 5.32 Å². The van der Waals surface area contributed by atoms with Crippen LogP contribution < -0.4 is 5.32 Å². The highest BCUT2D eigenvalue weighted by Gasteiger charge is 2.21. The number of nitrogens with one attached hydrogen (secondary N) is 1. The molecule has 0 aliphatic carbocycles. The van der Waals surface area contributed by atoms with E-state index in [1.807, 2.05) is 0 Å². The van der Waals surface area contributed by atoms with E-state index in [4.69, 9.17) is 11.6 Å². The summed E-state index contributed by atoms with van der Waals surface area (Å²) in [5, 5.41) is 3.37. The highest BCUT2D eigenvalue weighted by atomic mass is 79.9. The molecule has 2 rings (SSSR count). The molecule has 0 aliphatic heterocycles. The summed E-state index contributed by atoms with van der Waals surface area (Å²) in [5.41, 5.74) is 1.19. The van der Waals surface area contributed by atoms with Crippen LogP contribution in [0.1, 0.15) is 30.6 Å². The highest BCUT2D eigenvalue weighted by Crippen LogP contribution is 2.32. The SMILES string of the molecule is CCCNC(c1ccncn1)c1ccc(Br)c(Cl)c1F. The van der Waals surface area contributed by atoms with Crippen molar-refractivity contribution in [1.29, 1.82) is 0 Å². The minimum absolute atomic E-state index is 0.0832. The van der Waals surface area contributed by atoms with Crippen molar-refractivity contribution in [3.8, 4) is 0 Å². The molecule has 0 saturated carbocycles. The zero-order chi connectivity index (χ0) is 14.5. The molecule has 0 bridgehead atoms. The standard InChI is InChI=1S/C14H14BrClFN3/c1-2-6-19-14(11-5-7-18-8-20-11)9-3-4-10(15)12(16)13(9)17/h3-5,7-8,14,19H,2,6H2,1H3. The van der Waals surface area contributed by atoms with E-state index in [9.17, 15) is 4.39 Å². The number of rotatable bonds is 5. The molecule has 1 aromatic heterocycles. The normalized spacial score (nSPS) is 12.4. The van der Waals surface area contributed by atoms with Crippen molar-refractivity contribution in [3.05, 3.63) is 57.3 Å². The number of hydrogen-bond donors (Lipinski definition) is 1. The zero-order valence-corrected chi connectivity index (χ0v) is 13.2. The second-order valence-corrected chi connectivity index (χ2v) is 5.52. The smallest absolute Gasteiger partial charge is 0.148 e. The van der Waals surface area contributed by atoms with Gasteiger partial charge in [-0.05, 0) is 41.0 Å². The second kappa shape index (κ2) is 7.11. The number of aromatic nitrogens is 2. The van der Waals surface area contributed by atoms with E-state index in [2.05, 4.69) is 38.1 Å².